The third-order valence-corrected chi connectivity index (χ3v) is 6.10. The van der Waals surface area contributed by atoms with E-state index in [1.165, 1.54) is 24.0 Å². The van der Waals surface area contributed by atoms with E-state index in [4.69, 9.17) is 0 Å². The zero-order chi connectivity index (χ0) is 20.6. The molecule has 0 amide bonds. The summed E-state index contributed by atoms with van der Waals surface area (Å²) >= 11 is 0. The van der Waals surface area contributed by atoms with Crippen molar-refractivity contribution in [1.29, 1.82) is 0 Å². The lowest BCUT2D eigenvalue weighted by Gasteiger charge is -2.33. The topological polar surface area (TPSA) is 55.8 Å². The van der Waals surface area contributed by atoms with Gasteiger partial charge in [-0.25, -0.2) is 4.98 Å². The van der Waals surface area contributed by atoms with Gasteiger partial charge < -0.3 is 15.5 Å². The molecule has 2 aliphatic rings. The molecule has 0 radical (unpaired) electrons. The van der Waals surface area contributed by atoms with Crippen LogP contribution in [0.15, 0.2) is 53.7 Å². The van der Waals surface area contributed by atoms with Gasteiger partial charge in [-0.05, 0) is 42.9 Å². The van der Waals surface area contributed by atoms with Crippen molar-refractivity contribution in [3.05, 3.63) is 59.8 Å². The number of anilines is 1. The minimum Gasteiger partial charge on any atom is -0.357 e. The van der Waals surface area contributed by atoms with Crippen molar-refractivity contribution in [2.24, 2.45) is 4.99 Å². The first-order valence-electron chi connectivity index (χ1n) is 11.2. The third-order valence-electron chi connectivity index (χ3n) is 6.10. The van der Waals surface area contributed by atoms with E-state index in [0.29, 0.717) is 6.04 Å². The third kappa shape index (κ3) is 7.07. The van der Waals surface area contributed by atoms with Gasteiger partial charge >= 0.3 is 0 Å². The van der Waals surface area contributed by atoms with E-state index in [1.807, 2.05) is 13.2 Å². The number of pyridine rings is 1. The van der Waals surface area contributed by atoms with Crippen LogP contribution >= 0.6 is 24.0 Å². The number of nitrogens with zero attached hydrogens (tertiary/aromatic N) is 4. The number of hydrogen-bond donors (Lipinski definition) is 2. The second-order valence-corrected chi connectivity index (χ2v) is 8.32. The first-order valence-corrected chi connectivity index (χ1v) is 11.2. The Morgan fingerprint density at radius 2 is 1.74 bits per heavy atom. The van der Waals surface area contributed by atoms with E-state index in [0.717, 1.165) is 63.9 Å². The summed E-state index contributed by atoms with van der Waals surface area (Å²) in [5, 5.41) is 7.04. The summed E-state index contributed by atoms with van der Waals surface area (Å²) in [5.41, 5.74) is 2.57. The lowest BCUT2D eigenvalue weighted by atomic mass is 10.0. The quantitative estimate of drug-likeness (QED) is 0.337. The number of likely N-dealkylation sites (tertiary alicyclic amines) is 1. The van der Waals surface area contributed by atoms with Crippen molar-refractivity contribution in [3.63, 3.8) is 0 Å². The molecule has 1 aromatic carbocycles. The minimum atomic E-state index is 0. The molecule has 168 valence electrons. The van der Waals surface area contributed by atoms with Crippen molar-refractivity contribution >= 4 is 35.8 Å². The van der Waals surface area contributed by atoms with E-state index < -0.39 is 0 Å². The van der Waals surface area contributed by atoms with Gasteiger partial charge in [-0.15, -0.1) is 24.0 Å². The minimum absolute atomic E-state index is 0. The molecular formula is C24H35IN6. The molecule has 1 aromatic heterocycles. The molecule has 6 nitrogen and oxygen atoms in total. The van der Waals surface area contributed by atoms with Gasteiger partial charge in [0.15, 0.2) is 5.96 Å². The molecule has 2 saturated heterocycles. The first kappa shape index (κ1) is 23.8. The van der Waals surface area contributed by atoms with Crippen LogP contribution in [0, 0.1) is 0 Å². The Hall–Kier alpha value is -1.87. The van der Waals surface area contributed by atoms with Crippen LogP contribution in [0.4, 0.5) is 5.82 Å². The predicted octanol–water partition coefficient (Wildman–Crippen LogP) is 3.63. The van der Waals surface area contributed by atoms with Gasteiger partial charge in [-0.1, -0.05) is 36.4 Å². The van der Waals surface area contributed by atoms with Crippen LogP contribution in [0.5, 0.6) is 0 Å². The van der Waals surface area contributed by atoms with Crippen LogP contribution in [0.1, 0.15) is 36.8 Å². The molecule has 0 unspecified atom stereocenters. The average molecular weight is 534 g/mol. The summed E-state index contributed by atoms with van der Waals surface area (Å²) in [7, 11) is 1.84. The van der Waals surface area contributed by atoms with Crippen molar-refractivity contribution < 1.29 is 0 Å². The second kappa shape index (κ2) is 12.2. The molecule has 3 heterocycles. The summed E-state index contributed by atoms with van der Waals surface area (Å²) < 4.78 is 0. The van der Waals surface area contributed by atoms with Gasteiger partial charge in [0.05, 0.1) is 0 Å². The number of benzene rings is 1. The Morgan fingerprint density at radius 1 is 1.00 bits per heavy atom. The number of hydrogen-bond acceptors (Lipinski definition) is 4. The fraction of sp³-hybridized carbons (Fsp3) is 0.500. The van der Waals surface area contributed by atoms with Crippen LogP contribution in [-0.2, 0) is 13.1 Å². The van der Waals surface area contributed by atoms with Crippen molar-refractivity contribution in [1.82, 2.24) is 20.5 Å². The van der Waals surface area contributed by atoms with Gasteiger partial charge in [-0.2, -0.15) is 0 Å². The Labute approximate surface area is 203 Å². The molecule has 2 fully saturated rings. The van der Waals surface area contributed by atoms with Gasteiger partial charge in [-0.3, -0.25) is 9.89 Å². The molecule has 4 rings (SSSR count). The van der Waals surface area contributed by atoms with Crippen molar-refractivity contribution in [2.45, 2.75) is 44.8 Å². The number of halogens is 1. The van der Waals surface area contributed by atoms with Crippen molar-refractivity contribution in [3.8, 4) is 0 Å². The van der Waals surface area contributed by atoms with Crippen LogP contribution in [0.25, 0.3) is 0 Å². The van der Waals surface area contributed by atoms with E-state index >= 15 is 0 Å². The van der Waals surface area contributed by atoms with Crippen molar-refractivity contribution in [2.75, 3.05) is 38.1 Å². The molecule has 31 heavy (non-hydrogen) atoms. The van der Waals surface area contributed by atoms with Gasteiger partial charge in [0.25, 0.3) is 0 Å². The fourth-order valence-corrected chi connectivity index (χ4v) is 4.31. The summed E-state index contributed by atoms with van der Waals surface area (Å²) in [4.78, 5) is 14.0. The summed E-state index contributed by atoms with van der Waals surface area (Å²) in [6.45, 7) is 6.27. The number of aromatic nitrogens is 1. The summed E-state index contributed by atoms with van der Waals surface area (Å²) in [6, 6.07) is 15.5. The van der Waals surface area contributed by atoms with Crippen LogP contribution in [0.3, 0.4) is 0 Å². The monoisotopic (exact) mass is 534 g/mol. The Balaban J connectivity index is 0.00000272. The molecule has 2 aromatic rings. The molecule has 0 spiro atoms. The number of nitrogens with one attached hydrogen (secondary N) is 2. The van der Waals surface area contributed by atoms with Crippen LogP contribution in [0.2, 0.25) is 0 Å². The number of rotatable bonds is 6. The maximum Gasteiger partial charge on any atom is 0.191 e. The molecule has 2 N–H and O–H groups in total. The van der Waals surface area contributed by atoms with E-state index in [1.54, 1.807) is 0 Å². The Kier molecular flexibility index (Phi) is 9.39. The molecule has 0 atom stereocenters. The van der Waals surface area contributed by atoms with E-state index in [-0.39, 0.29) is 24.0 Å². The number of guanidine groups is 1. The average Bonchev–Trinajstić information content (AvgIpc) is 3.34. The highest BCUT2D eigenvalue weighted by atomic mass is 127. The predicted molar refractivity (Wildman–Crippen MR) is 139 cm³/mol. The summed E-state index contributed by atoms with van der Waals surface area (Å²) in [6.07, 6.45) is 6.81. The van der Waals surface area contributed by atoms with Crippen LogP contribution < -0.4 is 15.5 Å². The van der Waals surface area contributed by atoms with Gasteiger partial charge in [0.2, 0.25) is 0 Å². The molecule has 0 saturated carbocycles. The van der Waals surface area contributed by atoms with Gasteiger partial charge in [0.1, 0.15) is 5.82 Å². The molecule has 2 aliphatic heterocycles. The Morgan fingerprint density at radius 3 is 2.39 bits per heavy atom. The smallest absolute Gasteiger partial charge is 0.191 e. The largest absolute Gasteiger partial charge is 0.357 e. The lowest BCUT2D eigenvalue weighted by Crippen LogP contribution is -2.48. The highest BCUT2D eigenvalue weighted by Crippen LogP contribution is 2.17. The summed E-state index contributed by atoms with van der Waals surface area (Å²) in [5.74, 6) is 1.97. The zero-order valence-electron chi connectivity index (χ0n) is 18.5. The highest BCUT2D eigenvalue weighted by Gasteiger charge is 2.20. The van der Waals surface area contributed by atoms with E-state index in [2.05, 4.69) is 72.9 Å². The standard InChI is InChI=1S/C24H34N6.HI/c1-25-24(27-18-21-9-10-23(26-17-21)30-13-5-6-14-30)28-22-11-15-29(16-12-22)19-20-7-3-2-4-8-20;/h2-4,7-10,17,22H,5-6,11-16,18-19H2,1H3,(H2,25,27,28);1H. The SMILES string of the molecule is CN=C(NCc1ccc(N2CCCC2)nc1)NC1CCN(Cc2ccccc2)CC1.I. The normalized spacial score (nSPS) is 18.0. The fourth-order valence-electron chi connectivity index (χ4n) is 4.31. The Bertz CT molecular complexity index is 797. The first-order chi connectivity index (χ1) is 14.8. The lowest BCUT2D eigenvalue weighted by molar-refractivity contribution is 0.198. The number of aliphatic imine (C=N–C) groups is 1. The maximum atomic E-state index is 4.64. The highest BCUT2D eigenvalue weighted by molar-refractivity contribution is 14.0. The number of piperidine rings is 1. The molecule has 0 bridgehead atoms. The van der Waals surface area contributed by atoms with Crippen LogP contribution in [-0.4, -0.2) is 55.1 Å². The molecule has 0 aliphatic carbocycles. The second-order valence-electron chi connectivity index (χ2n) is 8.32. The molecular weight excluding hydrogens is 499 g/mol. The van der Waals surface area contributed by atoms with E-state index in [9.17, 15) is 0 Å². The zero-order valence-corrected chi connectivity index (χ0v) is 20.8. The maximum absolute atomic E-state index is 4.64. The molecule has 7 heteroatoms. The van der Waals surface area contributed by atoms with Gasteiger partial charge in [0, 0.05) is 58.6 Å².